The predicted molar refractivity (Wildman–Crippen MR) is 59.5 cm³/mol. The maximum atomic E-state index is 11.9. The van der Waals surface area contributed by atoms with Crippen LogP contribution in [-0.4, -0.2) is 36.1 Å². The molecule has 0 unspecified atom stereocenters. The lowest BCUT2D eigenvalue weighted by Gasteiger charge is -2.17. The van der Waals surface area contributed by atoms with E-state index in [2.05, 4.69) is 4.74 Å². The average molecular weight is 249 g/mol. The lowest BCUT2D eigenvalue weighted by Crippen LogP contribution is -2.37. The van der Waals surface area contributed by atoms with Crippen molar-refractivity contribution in [3.8, 4) is 0 Å². The van der Waals surface area contributed by atoms with Gasteiger partial charge in [0.1, 0.15) is 0 Å². The standard InChI is InChI=1S/C12H11NO5/c1-7(12(16)17-2)18-13-10(14)8-5-3-4-6-9(8)11(13)15/h3-7H,1-2H3/t7-/m1/s1. The largest absolute Gasteiger partial charge is 0.467 e. The van der Waals surface area contributed by atoms with Crippen LogP contribution in [0, 0.1) is 0 Å². The van der Waals surface area contributed by atoms with Crippen LogP contribution < -0.4 is 0 Å². The Morgan fingerprint density at radius 1 is 1.17 bits per heavy atom. The van der Waals surface area contributed by atoms with Crippen molar-refractivity contribution in [3.05, 3.63) is 35.4 Å². The molecule has 18 heavy (non-hydrogen) atoms. The number of hydrogen-bond acceptors (Lipinski definition) is 5. The van der Waals surface area contributed by atoms with Crippen LogP contribution in [-0.2, 0) is 14.4 Å². The molecule has 1 atom stereocenters. The molecule has 1 aliphatic heterocycles. The van der Waals surface area contributed by atoms with Gasteiger partial charge >= 0.3 is 5.97 Å². The average Bonchev–Trinajstić information content (AvgIpc) is 2.63. The molecule has 1 aliphatic rings. The fourth-order valence-corrected chi connectivity index (χ4v) is 1.63. The van der Waals surface area contributed by atoms with E-state index in [0.717, 1.165) is 0 Å². The molecular weight excluding hydrogens is 238 g/mol. The summed E-state index contributed by atoms with van der Waals surface area (Å²) in [5.74, 6) is -1.82. The van der Waals surface area contributed by atoms with Crippen molar-refractivity contribution in [1.29, 1.82) is 0 Å². The summed E-state index contributed by atoms with van der Waals surface area (Å²) < 4.78 is 4.46. The van der Waals surface area contributed by atoms with Crippen LogP contribution in [0.15, 0.2) is 24.3 Å². The fraction of sp³-hybridized carbons (Fsp3) is 0.250. The summed E-state index contributed by atoms with van der Waals surface area (Å²) in [6.07, 6.45) is -1.03. The summed E-state index contributed by atoms with van der Waals surface area (Å²) in [5.41, 5.74) is 0.527. The Bertz CT molecular complexity index is 490. The van der Waals surface area contributed by atoms with E-state index in [1.165, 1.54) is 26.2 Å². The van der Waals surface area contributed by atoms with Crippen molar-refractivity contribution in [2.24, 2.45) is 0 Å². The molecule has 94 valence electrons. The summed E-state index contributed by atoms with van der Waals surface area (Å²) in [6.45, 7) is 1.40. The van der Waals surface area contributed by atoms with Gasteiger partial charge < -0.3 is 4.74 Å². The molecule has 0 bridgehead atoms. The topological polar surface area (TPSA) is 72.9 Å². The van der Waals surface area contributed by atoms with E-state index >= 15 is 0 Å². The smallest absolute Gasteiger partial charge is 0.337 e. The number of benzene rings is 1. The highest BCUT2D eigenvalue weighted by molar-refractivity contribution is 6.20. The number of imide groups is 1. The number of hydrogen-bond donors (Lipinski definition) is 0. The third kappa shape index (κ3) is 1.86. The zero-order valence-corrected chi connectivity index (χ0v) is 9.88. The number of nitrogens with zero attached hydrogens (tertiary/aromatic N) is 1. The van der Waals surface area contributed by atoms with Crippen LogP contribution in [0.1, 0.15) is 27.6 Å². The van der Waals surface area contributed by atoms with Crippen molar-refractivity contribution in [1.82, 2.24) is 5.06 Å². The van der Waals surface area contributed by atoms with Gasteiger partial charge in [0, 0.05) is 0 Å². The number of esters is 1. The molecule has 0 spiro atoms. The molecule has 6 nitrogen and oxygen atoms in total. The Morgan fingerprint density at radius 2 is 1.67 bits per heavy atom. The first kappa shape index (κ1) is 12.3. The SMILES string of the molecule is COC(=O)[C@@H](C)ON1C(=O)c2ccccc2C1=O. The molecule has 0 saturated heterocycles. The van der Waals surface area contributed by atoms with Gasteiger partial charge in [-0.15, -0.1) is 5.06 Å². The van der Waals surface area contributed by atoms with Crippen LogP contribution in [0.25, 0.3) is 0 Å². The van der Waals surface area contributed by atoms with Crippen molar-refractivity contribution in [2.75, 3.05) is 7.11 Å². The highest BCUT2D eigenvalue weighted by Crippen LogP contribution is 2.23. The van der Waals surface area contributed by atoms with Crippen LogP contribution in [0.4, 0.5) is 0 Å². The second-order valence-electron chi connectivity index (χ2n) is 3.72. The fourth-order valence-electron chi connectivity index (χ4n) is 1.63. The Hall–Kier alpha value is -2.21. The summed E-state index contributed by atoms with van der Waals surface area (Å²) in [4.78, 5) is 40.0. The normalized spacial score (nSPS) is 15.6. The molecular formula is C12H11NO5. The van der Waals surface area contributed by atoms with E-state index in [4.69, 9.17) is 4.84 Å². The number of amides is 2. The number of ether oxygens (including phenoxy) is 1. The minimum atomic E-state index is -1.03. The van der Waals surface area contributed by atoms with Crippen LogP contribution >= 0.6 is 0 Å². The molecule has 1 heterocycles. The number of hydroxylamine groups is 2. The zero-order valence-electron chi connectivity index (χ0n) is 9.88. The number of carbonyl (C=O) groups excluding carboxylic acids is 3. The molecule has 0 aromatic heterocycles. The van der Waals surface area contributed by atoms with Crippen LogP contribution in [0.2, 0.25) is 0 Å². The van der Waals surface area contributed by atoms with E-state index in [1.807, 2.05) is 0 Å². The van der Waals surface area contributed by atoms with E-state index in [9.17, 15) is 14.4 Å². The maximum absolute atomic E-state index is 11.9. The molecule has 0 aliphatic carbocycles. The number of carbonyl (C=O) groups is 3. The summed E-state index contributed by atoms with van der Waals surface area (Å²) in [7, 11) is 1.20. The van der Waals surface area contributed by atoms with Gasteiger partial charge in [-0.1, -0.05) is 12.1 Å². The summed E-state index contributed by atoms with van der Waals surface area (Å²) in [6, 6.07) is 6.36. The second kappa shape index (κ2) is 4.58. The molecule has 0 fully saturated rings. The number of fused-ring (bicyclic) bond motifs is 1. The Morgan fingerprint density at radius 3 is 2.11 bits per heavy atom. The van der Waals surface area contributed by atoms with E-state index in [1.54, 1.807) is 12.1 Å². The maximum Gasteiger partial charge on any atom is 0.337 e. The minimum absolute atomic E-state index is 0.263. The van der Waals surface area contributed by atoms with Crippen molar-refractivity contribution in [2.45, 2.75) is 13.0 Å². The van der Waals surface area contributed by atoms with Crippen LogP contribution in [0.3, 0.4) is 0 Å². The molecule has 1 aromatic carbocycles. The Balaban J connectivity index is 2.21. The van der Waals surface area contributed by atoms with Crippen molar-refractivity contribution in [3.63, 3.8) is 0 Å². The van der Waals surface area contributed by atoms with Gasteiger partial charge in [-0.2, -0.15) is 0 Å². The summed E-state index contributed by atoms with van der Waals surface area (Å²) in [5, 5.41) is 0.590. The first-order valence-electron chi connectivity index (χ1n) is 5.28. The highest BCUT2D eigenvalue weighted by atomic mass is 16.7. The molecule has 0 N–H and O–H groups in total. The highest BCUT2D eigenvalue weighted by Gasteiger charge is 2.38. The Kier molecular flexibility index (Phi) is 3.12. The van der Waals surface area contributed by atoms with E-state index in [0.29, 0.717) is 5.06 Å². The quantitative estimate of drug-likeness (QED) is 0.584. The lowest BCUT2D eigenvalue weighted by molar-refractivity contribution is -0.174. The van der Waals surface area contributed by atoms with Gasteiger partial charge in [0.2, 0.25) is 0 Å². The third-order valence-corrected chi connectivity index (χ3v) is 2.55. The van der Waals surface area contributed by atoms with Gasteiger partial charge in [-0.05, 0) is 19.1 Å². The third-order valence-electron chi connectivity index (χ3n) is 2.55. The van der Waals surface area contributed by atoms with Gasteiger partial charge in [0.25, 0.3) is 11.8 Å². The lowest BCUT2D eigenvalue weighted by atomic mass is 10.1. The first-order chi connectivity index (χ1) is 8.56. The molecule has 2 amide bonds. The van der Waals surface area contributed by atoms with E-state index < -0.39 is 23.9 Å². The molecule has 6 heteroatoms. The van der Waals surface area contributed by atoms with Gasteiger partial charge in [-0.3, -0.25) is 9.59 Å². The van der Waals surface area contributed by atoms with Crippen LogP contribution in [0.5, 0.6) is 0 Å². The predicted octanol–water partition coefficient (Wildman–Crippen LogP) is 0.776. The molecule has 0 radical (unpaired) electrons. The summed E-state index contributed by atoms with van der Waals surface area (Å²) >= 11 is 0. The minimum Gasteiger partial charge on any atom is -0.467 e. The number of methoxy groups -OCH3 is 1. The monoisotopic (exact) mass is 249 g/mol. The Labute approximate surface area is 103 Å². The second-order valence-corrected chi connectivity index (χ2v) is 3.72. The van der Waals surface area contributed by atoms with Crippen molar-refractivity contribution < 1.29 is 24.0 Å². The van der Waals surface area contributed by atoms with Gasteiger partial charge in [0.15, 0.2) is 6.10 Å². The molecule has 0 saturated carbocycles. The van der Waals surface area contributed by atoms with Gasteiger partial charge in [-0.25, -0.2) is 9.63 Å². The molecule has 2 rings (SSSR count). The first-order valence-corrected chi connectivity index (χ1v) is 5.28. The van der Waals surface area contributed by atoms with E-state index in [-0.39, 0.29) is 11.1 Å². The zero-order chi connectivity index (χ0) is 13.3. The van der Waals surface area contributed by atoms with Crippen molar-refractivity contribution >= 4 is 17.8 Å². The molecule has 1 aromatic rings. The number of rotatable bonds is 3. The van der Waals surface area contributed by atoms with Gasteiger partial charge in [0.05, 0.1) is 18.2 Å².